The van der Waals surface area contributed by atoms with E-state index in [0.29, 0.717) is 12.2 Å². The Labute approximate surface area is 148 Å². The van der Waals surface area contributed by atoms with Crippen molar-refractivity contribution < 1.29 is 9.53 Å². The molecule has 1 aliphatic rings. The summed E-state index contributed by atoms with van der Waals surface area (Å²) >= 11 is 0. The summed E-state index contributed by atoms with van der Waals surface area (Å²) in [5, 5.41) is 2.91. The number of aromatic nitrogens is 2. The van der Waals surface area contributed by atoms with Crippen LogP contribution < -0.4 is 10.2 Å². The first-order valence-electron chi connectivity index (χ1n) is 8.68. The molecule has 132 valence electrons. The van der Waals surface area contributed by atoms with Crippen LogP contribution in [0.2, 0.25) is 0 Å². The van der Waals surface area contributed by atoms with Crippen molar-refractivity contribution in [2.75, 3.05) is 31.6 Å². The summed E-state index contributed by atoms with van der Waals surface area (Å²) in [4.78, 5) is 22.7. The van der Waals surface area contributed by atoms with Crippen molar-refractivity contribution in [2.45, 2.75) is 25.4 Å². The number of pyridine rings is 2. The van der Waals surface area contributed by atoms with Crippen molar-refractivity contribution in [3.05, 3.63) is 54.1 Å². The van der Waals surface area contributed by atoms with Gasteiger partial charge in [-0.25, -0.2) is 0 Å². The second-order valence-corrected chi connectivity index (χ2v) is 6.27. The predicted octanol–water partition coefficient (Wildman–Crippen LogP) is 2.06. The predicted molar refractivity (Wildman–Crippen MR) is 96.8 cm³/mol. The summed E-state index contributed by atoms with van der Waals surface area (Å²) < 4.78 is 5.53. The molecule has 0 bridgehead atoms. The molecule has 2 aromatic heterocycles. The van der Waals surface area contributed by atoms with Gasteiger partial charge in [0, 0.05) is 51.0 Å². The number of hydrogen-bond donors (Lipinski definition) is 1. The molecule has 6 heteroatoms. The third-order valence-electron chi connectivity index (χ3n) is 4.42. The Morgan fingerprint density at radius 1 is 1.32 bits per heavy atom. The highest BCUT2D eigenvalue weighted by atomic mass is 16.5. The summed E-state index contributed by atoms with van der Waals surface area (Å²) in [6, 6.07) is 7.79. The topological polar surface area (TPSA) is 67.4 Å². The van der Waals surface area contributed by atoms with E-state index in [1.165, 1.54) is 5.56 Å². The third kappa shape index (κ3) is 5.00. The molecule has 6 nitrogen and oxygen atoms in total. The van der Waals surface area contributed by atoms with E-state index in [1.807, 2.05) is 31.3 Å². The molecule has 1 amide bonds. The number of nitrogens with zero attached hydrogens (tertiary/aromatic N) is 3. The number of ether oxygens (including phenoxy) is 1. The van der Waals surface area contributed by atoms with Gasteiger partial charge >= 0.3 is 0 Å². The number of hydrogen-bond acceptors (Lipinski definition) is 5. The van der Waals surface area contributed by atoms with Gasteiger partial charge in [0.05, 0.1) is 6.10 Å². The monoisotopic (exact) mass is 340 g/mol. The summed E-state index contributed by atoms with van der Waals surface area (Å²) in [6.07, 6.45) is 8.41. The second-order valence-electron chi connectivity index (χ2n) is 6.27. The van der Waals surface area contributed by atoms with Gasteiger partial charge in [-0.1, -0.05) is 0 Å². The van der Waals surface area contributed by atoms with Crippen LogP contribution in [-0.4, -0.2) is 48.7 Å². The molecular formula is C19H24N4O2. The van der Waals surface area contributed by atoms with Crippen molar-refractivity contribution in [1.82, 2.24) is 15.3 Å². The Hall–Kier alpha value is -2.47. The van der Waals surface area contributed by atoms with Crippen LogP contribution >= 0.6 is 0 Å². The molecule has 0 aromatic carbocycles. The number of anilines is 1. The molecule has 0 saturated carbocycles. The van der Waals surface area contributed by atoms with Crippen LogP contribution in [0.25, 0.3) is 0 Å². The molecule has 1 unspecified atom stereocenters. The molecule has 3 heterocycles. The number of amides is 1. The Bertz CT molecular complexity index is 687. The minimum atomic E-state index is -0.153. The van der Waals surface area contributed by atoms with E-state index in [9.17, 15) is 4.79 Å². The molecule has 0 radical (unpaired) electrons. The van der Waals surface area contributed by atoms with Gasteiger partial charge in [0.2, 0.25) is 0 Å². The van der Waals surface area contributed by atoms with Crippen molar-refractivity contribution in [2.24, 2.45) is 0 Å². The zero-order chi connectivity index (χ0) is 17.5. The Morgan fingerprint density at radius 2 is 2.16 bits per heavy atom. The van der Waals surface area contributed by atoms with Crippen molar-refractivity contribution in [1.29, 1.82) is 0 Å². The van der Waals surface area contributed by atoms with Gasteiger partial charge in [-0.2, -0.15) is 0 Å². The lowest BCUT2D eigenvalue weighted by molar-refractivity contribution is 0.0854. The van der Waals surface area contributed by atoms with E-state index in [1.54, 1.807) is 18.6 Å². The van der Waals surface area contributed by atoms with E-state index >= 15 is 0 Å². The van der Waals surface area contributed by atoms with Gasteiger partial charge in [-0.15, -0.1) is 0 Å². The standard InChI is InChI=1S/C19H24N4O2/c1-23(11-7-15-4-8-20-9-5-15)16-6-10-21-18(13-16)19(24)22-14-17-3-2-12-25-17/h4-6,8-10,13,17H,2-3,7,11-12,14H2,1H3,(H,22,24). The van der Waals surface area contributed by atoms with E-state index in [4.69, 9.17) is 4.74 Å². The molecule has 1 saturated heterocycles. The highest BCUT2D eigenvalue weighted by Gasteiger charge is 2.17. The fourth-order valence-electron chi connectivity index (χ4n) is 2.86. The minimum Gasteiger partial charge on any atom is -0.376 e. The van der Waals surface area contributed by atoms with Crippen molar-refractivity contribution >= 4 is 11.6 Å². The van der Waals surface area contributed by atoms with Crippen molar-refractivity contribution in [3.63, 3.8) is 0 Å². The average molecular weight is 340 g/mol. The van der Waals surface area contributed by atoms with Gasteiger partial charge in [0.25, 0.3) is 5.91 Å². The average Bonchev–Trinajstić information content (AvgIpc) is 3.18. The summed E-state index contributed by atoms with van der Waals surface area (Å²) in [5.41, 5.74) is 2.66. The number of carbonyl (C=O) groups excluding carboxylic acids is 1. The van der Waals surface area contributed by atoms with E-state index < -0.39 is 0 Å². The van der Waals surface area contributed by atoms with Gasteiger partial charge < -0.3 is 15.0 Å². The molecule has 1 fully saturated rings. The molecule has 1 aliphatic heterocycles. The maximum absolute atomic E-state index is 12.3. The molecule has 0 aliphatic carbocycles. The smallest absolute Gasteiger partial charge is 0.270 e. The third-order valence-corrected chi connectivity index (χ3v) is 4.42. The SMILES string of the molecule is CN(CCc1ccncc1)c1ccnc(C(=O)NCC2CCCO2)c1. The normalized spacial score (nSPS) is 16.6. The number of nitrogens with one attached hydrogen (secondary N) is 1. The lowest BCUT2D eigenvalue weighted by Crippen LogP contribution is -2.32. The zero-order valence-electron chi connectivity index (χ0n) is 14.5. The first kappa shape index (κ1) is 17.4. The maximum atomic E-state index is 12.3. The second kappa shape index (κ2) is 8.58. The zero-order valence-corrected chi connectivity index (χ0v) is 14.5. The van der Waals surface area contributed by atoms with Crippen LogP contribution in [0.3, 0.4) is 0 Å². The van der Waals surface area contributed by atoms with Gasteiger partial charge in [-0.3, -0.25) is 14.8 Å². The molecule has 3 rings (SSSR count). The van der Waals surface area contributed by atoms with Gasteiger partial charge in [0.1, 0.15) is 5.69 Å². The molecule has 0 spiro atoms. The fourth-order valence-corrected chi connectivity index (χ4v) is 2.86. The Kier molecular flexibility index (Phi) is 5.95. The molecule has 25 heavy (non-hydrogen) atoms. The quantitative estimate of drug-likeness (QED) is 0.836. The number of rotatable bonds is 7. The Morgan fingerprint density at radius 3 is 2.92 bits per heavy atom. The number of likely N-dealkylation sites (N-methyl/N-ethyl adjacent to an activating group) is 1. The molecule has 1 atom stereocenters. The summed E-state index contributed by atoms with van der Waals surface area (Å²) in [6.45, 7) is 2.18. The van der Waals surface area contributed by atoms with Crippen LogP contribution in [0.1, 0.15) is 28.9 Å². The van der Waals surface area contributed by atoms with Crippen LogP contribution in [0, 0.1) is 0 Å². The molecule has 2 aromatic rings. The summed E-state index contributed by atoms with van der Waals surface area (Å²) in [5.74, 6) is -0.153. The fraction of sp³-hybridized carbons (Fsp3) is 0.421. The Balaban J connectivity index is 1.55. The highest BCUT2D eigenvalue weighted by molar-refractivity contribution is 5.93. The molecule has 1 N–H and O–H groups in total. The molecular weight excluding hydrogens is 316 g/mol. The van der Waals surface area contributed by atoms with Crippen LogP contribution in [0.5, 0.6) is 0 Å². The van der Waals surface area contributed by atoms with E-state index in [0.717, 1.165) is 38.1 Å². The summed E-state index contributed by atoms with van der Waals surface area (Å²) in [7, 11) is 2.02. The lowest BCUT2D eigenvalue weighted by Gasteiger charge is -2.19. The van der Waals surface area contributed by atoms with Crippen LogP contribution in [-0.2, 0) is 11.2 Å². The van der Waals surface area contributed by atoms with E-state index in [2.05, 4.69) is 20.2 Å². The van der Waals surface area contributed by atoms with Crippen molar-refractivity contribution in [3.8, 4) is 0 Å². The first-order chi connectivity index (χ1) is 12.2. The number of carbonyl (C=O) groups is 1. The van der Waals surface area contributed by atoms with Gasteiger partial charge in [0.15, 0.2) is 0 Å². The van der Waals surface area contributed by atoms with E-state index in [-0.39, 0.29) is 12.0 Å². The highest BCUT2D eigenvalue weighted by Crippen LogP contribution is 2.14. The van der Waals surface area contributed by atoms with Gasteiger partial charge in [-0.05, 0) is 49.1 Å². The maximum Gasteiger partial charge on any atom is 0.270 e. The first-order valence-corrected chi connectivity index (χ1v) is 8.68. The minimum absolute atomic E-state index is 0.134. The largest absolute Gasteiger partial charge is 0.376 e. The van der Waals surface area contributed by atoms with Crippen LogP contribution in [0.15, 0.2) is 42.9 Å². The van der Waals surface area contributed by atoms with Crippen LogP contribution in [0.4, 0.5) is 5.69 Å². The lowest BCUT2D eigenvalue weighted by atomic mass is 10.2.